The maximum Gasteiger partial charge on any atom is 0.272 e. The van der Waals surface area contributed by atoms with Crippen molar-refractivity contribution in [3.63, 3.8) is 0 Å². The topological polar surface area (TPSA) is 32.5 Å². The molecule has 0 spiro atoms. The second-order valence-corrected chi connectivity index (χ2v) is 4.38. The van der Waals surface area contributed by atoms with Gasteiger partial charge in [0, 0.05) is 19.6 Å². The van der Waals surface area contributed by atoms with Gasteiger partial charge < -0.3 is 10.6 Å². The van der Waals surface area contributed by atoms with Gasteiger partial charge in [-0.1, -0.05) is 0 Å². The minimum atomic E-state index is -2.72. The lowest BCUT2D eigenvalue weighted by atomic mass is 9.99. The van der Waals surface area contributed by atoms with Gasteiger partial charge in [-0.15, -0.1) is 0 Å². The molecule has 1 rings (SSSR count). The molecule has 5 heteroatoms. The molecule has 0 radical (unpaired) electrons. The number of nitrogens with zero attached hydrogens (tertiary/aromatic N) is 2. The van der Waals surface area contributed by atoms with Gasteiger partial charge in [0.2, 0.25) is 0 Å². The molecular formula is C9H19F2N3. The first-order valence-corrected chi connectivity index (χ1v) is 4.88. The number of hydrogen-bond donors (Lipinski definition) is 1. The van der Waals surface area contributed by atoms with Crippen LogP contribution in [-0.4, -0.2) is 62.5 Å². The predicted octanol–water partition coefficient (Wildman–Crippen LogP) is 0.0738. The highest BCUT2D eigenvalue weighted by Crippen LogP contribution is 2.21. The molecule has 0 amide bonds. The SMILES string of the molecule is CN(C)CC1CN(CC(F)(F)CN)C1. The van der Waals surface area contributed by atoms with Crippen molar-refractivity contribution in [2.45, 2.75) is 5.92 Å². The average Bonchev–Trinajstić information content (AvgIpc) is 1.99. The minimum absolute atomic E-state index is 0.187. The molecule has 0 aromatic rings. The lowest BCUT2D eigenvalue weighted by Gasteiger charge is -2.41. The molecule has 14 heavy (non-hydrogen) atoms. The Morgan fingerprint density at radius 2 is 2.00 bits per heavy atom. The van der Waals surface area contributed by atoms with Crippen LogP contribution in [-0.2, 0) is 0 Å². The van der Waals surface area contributed by atoms with Crippen LogP contribution in [0.1, 0.15) is 0 Å². The molecule has 1 heterocycles. The van der Waals surface area contributed by atoms with Crippen molar-refractivity contribution >= 4 is 0 Å². The highest BCUT2D eigenvalue weighted by atomic mass is 19.3. The van der Waals surface area contributed by atoms with E-state index in [0.29, 0.717) is 5.92 Å². The molecule has 0 bridgehead atoms. The molecule has 0 saturated carbocycles. The van der Waals surface area contributed by atoms with Gasteiger partial charge in [0.25, 0.3) is 5.92 Å². The first-order valence-electron chi connectivity index (χ1n) is 4.88. The molecular weight excluding hydrogens is 188 g/mol. The van der Waals surface area contributed by atoms with Gasteiger partial charge in [0.15, 0.2) is 0 Å². The summed E-state index contributed by atoms with van der Waals surface area (Å²) in [5.41, 5.74) is 4.96. The van der Waals surface area contributed by atoms with Crippen LogP contribution >= 0.6 is 0 Å². The van der Waals surface area contributed by atoms with E-state index in [1.54, 1.807) is 4.90 Å². The zero-order chi connectivity index (χ0) is 10.8. The van der Waals surface area contributed by atoms with Gasteiger partial charge in [-0.25, -0.2) is 8.78 Å². The van der Waals surface area contributed by atoms with E-state index >= 15 is 0 Å². The summed E-state index contributed by atoms with van der Waals surface area (Å²) in [6, 6.07) is 0. The number of alkyl halides is 2. The first kappa shape index (κ1) is 11.8. The minimum Gasteiger partial charge on any atom is -0.325 e. The van der Waals surface area contributed by atoms with Crippen LogP contribution in [0.5, 0.6) is 0 Å². The lowest BCUT2D eigenvalue weighted by molar-refractivity contribution is -0.0554. The summed E-state index contributed by atoms with van der Waals surface area (Å²) >= 11 is 0. The number of nitrogens with two attached hydrogens (primary N) is 1. The van der Waals surface area contributed by atoms with Crippen LogP contribution in [0.3, 0.4) is 0 Å². The van der Waals surface area contributed by atoms with E-state index in [0.717, 1.165) is 19.6 Å². The number of hydrogen-bond acceptors (Lipinski definition) is 3. The molecule has 0 aromatic carbocycles. The summed E-state index contributed by atoms with van der Waals surface area (Å²) in [5, 5.41) is 0. The maximum absolute atomic E-state index is 12.8. The molecule has 0 aromatic heterocycles. The van der Waals surface area contributed by atoms with E-state index in [9.17, 15) is 8.78 Å². The second-order valence-electron chi connectivity index (χ2n) is 4.38. The molecule has 0 unspecified atom stereocenters. The standard InChI is InChI=1S/C9H19F2N3/c1-13(2)3-8-4-14(5-8)7-9(10,11)6-12/h8H,3-7,12H2,1-2H3. The smallest absolute Gasteiger partial charge is 0.272 e. The van der Waals surface area contributed by atoms with Crippen molar-refractivity contribution in [3.8, 4) is 0 Å². The van der Waals surface area contributed by atoms with Crippen LogP contribution in [0.4, 0.5) is 8.78 Å². The van der Waals surface area contributed by atoms with Crippen LogP contribution in [0, 0.1) is 5.92 Å². The lowest BCUT2D eigenvalue weighted by Crippen LogP contribution is -2.55. The summed E-state index contributed by atoms with van der Waals surface area (Å²) in [7, 11) is 3.99. The second kappa shape index (κ2) is 4.51. The molecule has 1 aliphatic rings. The van der Waals surface area contributed by atoms with E-state index in [1.807, 2.05) is 14.1 Å². The molecule has 2 N–H and O–H groups in total. The third-order valence-corrected chi connectivity index (χ3v) is 2.41. The van der Waals surface area contributed by atoms with Crippen molar-refractivity contribution in [1.29, 1.82) is 0 Å². The summed E-state index contributed by atoms with van der Waals surface area (Å²) < 4.78 is 25.7. The number of likely N-dealkylation sites (tertiary alicyclic amines) is 1. The molecule has 3 nitrogen and oxygen atoms in total. The van der Waals surface area contributed by atoms with Crippen LogP contribution in [0.15, 0.2) is 0 Å². The molecule has 0 aliphatic carbocycles. The van der Waals surface area contributed by atoms with Crippen molar-refractivity contribution in [2.24, 2.45) is 11.7 Å². The third kappa shape index (κ3) is 3.48. The molecule has 84 valence electrons. The maximum atomic E-state index is 12.8. The Morgan fingerprint density at radius 1 is 1.43 bits per heavy atom. The van der Waals surface area contributed by atoms with Gasteiger partial charge in [0.1, 0.15) is 0 Å². The van der Waals surface area contributed by atoms with E-state index in [1.165, 1.54) is 0 Å². The van der Waals surface area contributed by atoms with Crippen molar-refractivity contribution in [1.82, 2.24) is 9.80 Å². The summed E-state index contributed by atoms with van der Waals surface area (Å²) in [5.74, 6) is -2.18. The van der Waals surface area contributed by atoms with Crippen molar-refractivity contribution in [2.75, 3.05) is 46.8 Å². The quantitative estimate of drug-likeness (QED) is 0.692. The van der Waals surface area contributed by atoms with Crippen molar-refractivity contribution in [3.05, 3.63) is 0 Å². The Bertz CT molecular complexity index is 179. The predicted molar refractivity (Wildman–Crippen MR) is 52.5 cm³/mol. The van der Waals surface area contributed by atoms with Gasteiger partial charge in [-0.3, -0.25) is 4.90 Å². The van der Waals surface area contributed by atoms with E-state index < -0.39 is 12.5 Å². The van der Waals surface area contributed by atoms with Crippen molar-refractivity contribution < 1.29 is 8.78 Å². The zero-order valence-corrected chi connectivity index (χ0v) is 8.84. The van der Waals surface area contributed by atoms with Crippen LogP contribution < -0.4 is 5.73 Å². The van der Waals surface area contributed by atoms with Gasteiger partial charge >= 0.3 is 0 Å². The summed E-state index contributed by atoms with van der Waals surface area (Å²) in [6.07, 6.45) is 0. The molecule has 1 saturated heterocycles. The molecule has 1 aliphatic heterocycles. The highest BCUT2D eigenvalue weighted by Gasteiger charge is 2.35. The van der Waals surface area contributed by atoms with E-state index in [-0.39, 0.29) is 6.54 Å². The Labute approximate surface area is 83.8 Å². The fraction of sp³-hybridized carbons (Fsp3) is 1.00. The fourth-order valence-electron chi connectivity index (χ4n) is 1.83. The normalized spacial score (nSPS) is 20.1. The number of halogens is 2. The van der Waals surface area contributed by atoms with E-state index in [4.69, 9.17) is 5.73 Å². The van der Waals surface area contributed by atoms with E-state index in [2.05, 4.69) is 4.90 Å². The molecule has 0 atom stereocenters. The number of rotatable bonds is 5. The van der Waals surface area contributed by atoms with Gasteiger partial charge in [-0.05, 0) is 20.0 Å². The Balaban J connectivity index is 2.16. The monoisotopic (exact) mass is 207 g/mol. The van der Waals surface area contributed by atoms with Crippen LogP contribution in [0.2, 0.25) is 0 Å². The first-order chi connectivity index (χ1) is 6.43. The van der Waals surface area contributed by atoms with Crippen LogP contribution in [0.25, 0.3) is 0 Å². The zero-order valence-electron chi connectivity index (χ0n) is 8.84. The molecule has 1 fully saturated rings. The highest BCUT2D eigenvalue weighted by molar-refractivity contribution is 4.85. The largest absolute Gasteiger partial charge is 0.325 e. The Morgan fingerprint density at radius 3 is 2.43 bits per heavy atom. The van der Waals surface area contributed by atoms with Gasteiger partial charge in [-0.2, -0.15) is 0 Å². The fourth-order valence-corrected chi connectivity index (χ4v) is 1.83. The summed E-state index contributed by atoms with van der Waals surface area (Å²) in [4.78, 5) is 3.85. The third-order valence-electron chi connectivity index (χ3n) is 2.41. The average molecular weight is 207 g/mol. The van der Waals surface area contributed by atoms with Gasteiger partial charge in [0.05, 0.1) is 13.1 Å². The summed E-state index contributed by atoms with van der Waals surface area (Å²) in [6.45, 7) is 1.78. The Kier molecular flexibility index (Phi) is 3.80. The Hall–Kier alpha value is -0.260.